The molecule has 1 rings (SSSR count). The second kappa shape index (κ2) is 6.65. The maximum atomic E-state index is 13.9. The molecule has 2 N–H and O–H groups in total. The van der Waals surface area contributed by atoms with E-state index in [-0.39, 0.29) is 16.7 Å². The van der Waals surface area contributed by atoms with Gasteiger partial charge in [-0.05, 0) is 34.5 Å². The number of halogens is 2. The molecule has 0 saturated heterocycles. The quantitative estimate of drug-likeness (QED) is 0.624. The summed E-state index contributed by atoms with van der Waals surface area (Å²) in [4.78, 5) is -0.431. The molecule has 0 atom stereocenters. The summed E-state index contributed by atoms with van der Waals surface area (Å²) in [7, 11) is -0.981. The van der Waals surface area contributed by atoms with Crippen molar-refractivity contribution in [3.63, 3.8) is 0 Å². The van der Waals surface area contributed by atoms with E-state index in [9.17, 15) is 12.8 Å². The van der Waals surface area contributed by atoms with Crippen LogP contribution in [0.5, 0.6) is 0 Å². The van der Waals surface area contributed by atoms with Gasteiger partial charge in [0.05, 0.1) is 4.47 Å². The summed E-state index contributed by atoms with van der Waals surface area (Å²) in [6, 6.07) is 2.43. The third kappa shape index (κ3) is 3.88. The Hall–Kier alpha value is -0.700. The van der Waals surface area contributed by atoms with Crippen molar-refractivity contribution in [2.75, 3.05) is 33.0 Å². The van der Waals surface area contributed by atoms with Crippen LogP contribution < -0.4 is 5.73 Å². The van der Waals surface area contributed by atoms with Gasteiger partial charge in [-0.1, -0.05) is 0 Å². The predicted octanol–water partition coefficient (Wildman–Crippen LogP) is 1.83. The lowest BCUT2D eigenvalue weighted by Crippen LogP contribution is -2.29. The Bertz CT molecular complexity index is 551. The minimum Gasteiger partial charge on any atom is -0.399 e. The monoisotopic (exact) mass is 354 g/mol. The van der Waals surface area contributed by atoms with Gasteiger partial charge in [0.25, 0.3) is 0 Å². The second-order valence-corrected chi connectivity index (χ2v) is 6.86. The van der Waals surface area contributed by atoms with E-state index < -0.39 is 20.7 Å². The first-order chi connectivity index (χ1) is 8.80. The fourth-order valence-corrected chi connectivity index (χ4v) is 3.43. The number of ether oxygens (including phenoxy) is 1. The molecule has 1 aromatic carbocycles. The van der Waals surface area contributed by atoms with Crippen molar-refractivity contribution in [2.24, 2.45) is 0 Å². The standard InChI is InChI=1S/C11H16BrFN2O3S/c1-15(4-3-5-18-2)19(16,17)10-7-8(14)6-9(12)11(10)13/h6-7H,3-5,14H2,1-2H3. The number of hydrogen-bond acceptors (Lipinski definition) is 4. The van der Waals surface area contributed by atoms with Gasteiger partial charge in [0.1, 0.15) is 4.90 Å². The molecular weight excluding hydrogens is 339 g/mol. The summed E-state index contributed by atoms with van der Waals surface area (Å²) in [5.41, 5.74) is 5.73. The molecule has 19 heavy (non-hydrogen) atoms. The van der Waals surface area contributed by atoms with Gasteiger partial charge in [0.15, 0.2) is 5.82 Å². The van der Waals surface area contributed by atoms with Crippen LogP contribution in [0.1, 0.15) is 6.42 Å². The fourth-order valence-electron chi connectivity index (χ4n) is 1.49. The number of sulfonamides is 1. The summed E-state index contributed by atoms with van der Waals surface area (Å²) in [6.45, 7) is 0.672. The zero-order valence-corrected chi connectivity index (χ0v) is 13.1. The maximum Gasteiger partial charge on any atom is 0.245 e. The highest BCUT2D eigenvalue weighted by Gasteiger charge is 2.26. The normalized spacial score (nSPS) is 12.1. The van der Waals surface area contributed by atoms with Crippen LogP contribution in [0.2, 0.25) is 0 Å². The summed E-state index contributed by atoms with van der Waals surface area (Å²) in [5.74, 6) is -0.840. The molecule has 0 aliphatic rings. The average molecular weight is 355 g/mol. The van der Waals surface area contributed by atoms with E-state index in [1.165, 1.54) is 20.2 Å². The van der Waals surface area contributed by atoms with E-state index in [2.05, 4.69) is 15.9 Å². The van der Waals surface area contributed by atoms with Crippen molar-refractivity contribution in [1.82, 2.24) is 4.31 Å². The largest absolute Gasteiger partial charge is 0.399 e. The third-order valence-corrected chi connectivity index (χ3v) is 4.96. The smallest absolute Gasteiger partial charge is 0.245 e. The van der Waals surface area contributed by atoms with Gasteiger partial charge in [0.2, 0.25) is 10.0 Å². The summed E-state index contributed by atoms with van der Waals surface area (Å²) < 4.78 is 44.3. The number of anilines is 1. The maximum absolute atomic E-state index is 13.9. The van der Waals surface area contributed by atoms with Crippen molar-refractivity contribution in [3.05, 3.63) is 22.4 Å². The highest BCUT2D eigenvalue weighted by Crippen LogP contribution is 2.27. The van der Waals surface area contributed by atoms with Crippen LogP contribution >= 0.6 is 15.9 Å². The average Bonchev–Trinajstić information content (AvgIpc) is 2.33. The van der Waals surface area contributed by atoms with E-state index in [0.29, 0.717) is 13.0 Å². The molecule has 0 spiro atoms. The molecule has 0 heterocycles. The lowest BCUT2D eigenvalue weighted by molar-refractivity contribution is 0.189. The first-order valence-corrected chi connectivity index (χ1v) is 7.73. The summed E-state index contributed by atoms with van der Waals surface area (Å²) in [5, 5.41) is 0. The topological polar surface area (TPSA) is 72.6 Å². The van der Waals surface area contributed by atoms with Gasteiger partial charge in [-0.15, -0.1) is 0 Å². The number of benzene rings is 1. The van der Waals surface area contributed by atoms with Gasteiger partial charge < -0.3 is 10.5 Å². The number of rotatable bonds is 6. The fraction of sp³-hybridized carbons (Fsp3) is 0.455. The SMILES string of the molecule is COCCCN(C)S(=O)(=O)c1cc(N)cc(Br)c1F. The molecule has 0 aliphatic heterocycles. The van der Waals surface area contributed by atoms with E-state index >= 15 is 0 Å². The Labute approximate surface area is 120 Å². The first-order valence-electron chi connectivity index (χ1n) is 5.50. The van der Waals surface area contributed by atoms with Crippen LogP contribution in [0, 0.1) is 5.82 Å². The van der Waals surface area contributed by atoms with E-state index in [1.54, 1.807) is 0 Å². The Morgan fingerprint density at radius 3 is 2.68 bits per heavy atom. The zero-order valence-electron chi connectivity index (χ0n) is 10.7. The van der Waals surface area contributed by atoms with Crippen molar-refractivity contribution in [3.8, 4) is 0 Å². The molecule has 0 saturated carbocycles. The highest BCUT2D eigenvalue weighted by atomic mass is 79.9. The lowest BCUT2D eigenvalue weighted by atomic mass is 10.3. The van der Waals surface area contributed by atoms with Crippen molar-refractivity contribution >= 4 is 31.6 Å². The minimum absolute atomic E-state index is 0.0244. The molecule has 0 aromatic heterocycles. The molecule has 8 heteroatoms. The highest BCUT2D eigenvalue weighted by molar-refractivity contribution is 9.10. The Balaban J connectivity index is 3.06. The van der Waals surface area contributed by atoms with Gasteiger partial charge in [0, 0.05) is 33.0 Å². The molecule has 108 valence electrons. The number of methoxy groups -OCH3 is 1. The van der Waals surface area contributed by atoms with Crippen molar-refractivity contribution in [2.45, 2.75) is 11.3 Å². The Morgan fingerprint density at radius 1 is 1.47 bits per heavy atom. The molecule has 1 aromatic rings. The van der Waals surface area contributed by atoms with Crippen LogP contribution in [-0.4, -0.2) is 40.0 Å². The van der Waals surface area contributed by atoms with Crippen molar-refractivity contribution < 1.29 is 17.5 Å². The predicted molar refractivity (Wildman–Crippen MR) is 74.8 cm³/mol. The first kappa shape index (κ1) is 16.4. The van der Waals surface area contributed by atoms with E-state index in [4.69, 9.17) is 10.5 Å². The van der Waals surface area contributed by atoms with E-state index in [1.807, 2.05) is 0 Å². The molecule has 0 unspecified atom stereocenters. The molecule has 0 aliphatic carbocycles. The Morgan fingerprint density at radius 2 is 2.11 bits per heavy atom. The number of nitrogens with zero attached hydrogens (tertiary/aromatic N) is 1. The molecule has 0 bridgehead atoms. The molecule has 0 fully saturated rings. The number of hydrogen-bond donors (Lipinski definition) is 1. The third-order valence-electron chi connectivity index (χ3n) is 2.53. The minimum atomic E-state index is -3.90. The second-order valence-electron chi connectivity index (χ2n) is 3.99. The van der Waals surface area contributed by atoms with Crippen molar-refractivity contribution in [1.29, 1.82) is 0 Å². The molecule has 0 amide bonds. The zero-order chi connectivity index (χ0) is 14.6. The van der Waals surface area contributed by atoms with Crippen LogP contribution in [0.3, 0.4) is 0 Å². The van der Waals surface area contributed by atoms with Crippen LogP contribution in [-0.2, 0) is 14.8 Å². The van der Waals surface area contributed by atoms with Crippen LogP contribution in [0.25, 0.3) is 0 Å². The van der Waals surface area contributed by atoms with Gasteiger partial charge in [-0.25, -0.2) is 17.1 Å². The molecular formula is C11H16BrFN2O3S. The van der Waals surface area contributed by atoms with E-state index in [0.717, 1.165) is 10.4 Å². The lowest BCUT2D eigenvalue weighted by Gasteiger charge is -2.18. The summed E-state index contributed by atoms with van der Waals surface area (Å²) in [6.07, 6.45) is 0.525. The summed E-state index contributed by atoms with van der Waals surface area (Å²) >= 11 is 2.94. The van der Waals surface area contributed by atoms with Gasteiger partial charge >= 0.3 is 0 Å². The number of nitrogens with two attached hydrogens (primary N) is 1. The Kier molecular flexibility index (Phi) is 5.72. The number of nitrogen functional groups attached to an aromatic ring is 1. The van der Waals surface area contributed by atoms with Crippen LogP contribution in [0.4, 0.5) is 10.1 Å². The van der Waals surface area contributed by atoms with Gasteiger partial charge in [-0.2, -0.15) is 0 Å². The molecule has 0 radical (unpaired) electrons. The van der Waals surface area contributed by atoms with Crippen LogP contribution in [0.15, 0.2) is 21.5 Å². The molecule has 5 nitrogen and oxygen atoms in total. The van der Waals surface area contributed by atoms with Gasteiger partial charge in [-0.3, -0.25) is 0 Å².